The van der Waals surface area contributed by atoms with Gasteiger partial charge in [0.15, 0.2) is 0 Å². The van der Waals surface area contributed by atoms with E-state index in [1.807, 2.05) is 6.07 Å². The summed E-state index contributed by atoms with van der Waals surface area (Å²) in [7, 11) is 0. The fraction of sp³-hybridized carbons (Fsp3) is 0.571. The summed E-state index contributed by atoms with van der Waals surface area (Å²) in [5.74, 6) is 0.800. The lowest BCUT2D eigenvalue weighted by atomic mass is 9.89. The second kappa shape index (κ2) is 6.48. The second-order valence-electron chi connectivity index (χ2n) is 5.24. The van der Waals surface area contributed by atoms with E-state index < -0.39 is 0 Å². The van der Waals surface area contributed by atoms with Crippen LogP contribution in [0.25, 0.3) is 0 Å². The van der Waals surface area contributed by atoms with Crippen molar-refractivity contribution in [3.05, 3.63) is 38.3 Å². The van der Waals surface area contributed by atoms with E-state index in [-0.39, 0.29) is 10.6 Å². The second-order valence-corrected chi connectivity index (χ2v) is 6.09. The summed E-state index contributed by atoms with van der Waals surface area (Å²) < 4.78 is 6.36. The number of benzene rings is 1. The van der Waals surface area contributed by atoms with Gasteiger partial charge in [-0.15, -0.1) is 0 Å². The molecule has 104 valence electrons. The van der Waals surface area contributed by atoms with Gasteiger partial charge in [-0.25, -0.2) is 0 Å². The van der Waals surface area contributed by atoms with Crippen LogP contribution in [-0.2, 0) is 11.3 Å². The zero-order valence-corrected chi connectivity index (χ0v) is 12.6. The molecule has 0 amide bonds. The van der Waals surface area contributed by atoms with E-state index in [0.717, 1.165) is 24.3 Å². The lowest BCUT2D eigenvalue weighted by Crippen LogP contribution is -2.20. The summed E-state index contributed by atoms with van der Waals surface area (Å²) in [5.41, 5.74) is 0.951. The Morgan fingerprint density at radius 3 is 2.68 bits per heavy atom. The van der Waals surface area contributed by atoms with E-state index >= 15 is 0 Å². The van der Waals surface area contributed by atoms with Gasteiger partial charge in [-0.05, 0) is 59.2 Å². The average Bonchev–Trinajstić information content (AvgIpc) is 2.39. The maximum absolute atomic E-state index is 10.9. The Labute approximate surface area is 121 Å². The molecule has 0 unspecified atom stereocenters. The predicted octanol–water partition coefficient (Wildman–Crippen LogP) is 4.45. The summed E-state index contributed by atoms with van der Waals surface area (Å²) in [6.45, 7) is 2.72. The Morgan fingerprint density at radius 2 is 2.05 bits per heavy atom. The molecule has 1 saturated carbocycles. The first-order chi connectivity index (χ1) is 9.06. The fourth-order valence-corrected chi connectivity index (χ4v) is 2.79. The molecule has 5 heteroatoms. The highest BCUT2D eigenvalue weighted by Crippen LogP contribution is 2.28. The van der Waals surface area contributed by atoms with E-state index in [4.69, 9.17) is 4.74 Å². The van der Waals surface area contributed by atoms with Crippen LogP contribution in [0, 0.1) is 16.0 Å². The highest BCUT2D eigenvalue weighted by atomic mass is 79.9. The third-order valence-electron chi connectivity index (χ3n) is 3.66. The number of hydrogen-bond acceptors (Lipinski definition) is 3. The van der Waals surface area contributed by atoms with E-state index in [1.54, 1.807) is 12.1 Å². The Balaban J connectivity index is 1.92. The van der Waals surface area contributed by atoms with Crippen LogP contribution in [0.2, 0.25) is 0 Å². The van der Waals surface area contributed by atoms with Crippen LogP contribution in [0.3, 0.4) is 0 Å². The molecular formula is C14H18BrNO3. The maximum atomic E-state index is 10.9. The molecule has 0 bridgehead atoms. The molecule has 1 aromatic rings. The van der Waals surface area contributed by atoms with Crippen molar-refractivity contribution >= 4 is 21.6 Å². The number of hydrogen-bond donors (Lipinski definition) is 0. The Kier molecular flexibility index (Phi) is 4.93. The van der Waals surface area contributed by atoms with Crippen molar-refractivity contribution in [1.82, 2.24) is 0 Å². The van der Waals surface area contributed by atoms with Gasteiger partial charge >= 0.3 is 0 Å². The van der Waals surface area contributed by atoms with Crippen LogP contribution < -0.4 is 0 Å². The average molecular weight is 328 g/mol. The molecule has 0 radical (unpaired) electrons. The zero-order valence-electron chi connectivity index (χ0n) is 11.0. The van der Waals surface area contributed by atoms with Gasteiger partial charge in [0.05, 0.1) is 22.1 Å². The normalized spacial score (nSPS) is 23.3. The third-order valence-corrected chi connectivity index (χ3v) is 4.33. The Morgan fingerprint density at radius 1 is 1.37 bits per heavy atom. The van der Waals surface area contributed by atoms with Gasteiger partial charge in [0.25, 0.3) is 5.69 Å². The molecule has 1 aromatic carbocycles. The van der Waals surface area contributed by atoms with Gasteiger partial charge in [-0.2, -0.15) is 0 Å². The lowest BCUT2D eigenvalue weighted by molar-refractivity contribution is -0.385. The zero-order chi connectivity index (χ0) is 13.8. The van der Waals surface area contributed by atoms with Crippen LogP contribution in [0.5, 0.6) is 0 Å². The van der Waals surface area contributed by atoms with Crippen LogP contribution in [-0.4, -0.2) is 11.0 Å². The van der Waals surface area contributed by atoms with Crippen molar-refractivity contribution in [3.8, 4) is 0 Å². The topological polar surface area (TPSA) is 52.4 Å². The molecule has 0 aliphatic heterocycles. The molecule has 2 rings (SSSR count). The SMILES string of the molecule is CC1CCC(OCc2ccc(Br)c([N+](=O)[O-])c2)CC1. The monoisotopic (exact) mass is 327 g/mol. The van der Waals surface area contributed by atoms with Crippen molar-refractivity contribution in [2.45, 2.75) is 45.3 Å². The first kappa shape index (κ1) is 14.5. The smallest absolute Gasteiger partial charge is 0.283 e. The maximum Gasteiger partial charge on any atom is 0.283 e. The summed E-state index contributed by atoms with van der Waals surface area (Å²) in [5, 5.41) is 10.9. The summed E-state index contributed by atoms with van der Waals surface area (Å²) >= 11 is 3.18. The number of nitrogens with zero attached hydrogens (tertiary/aromatic N) is 1. The van der Waals surface area contributed by atoms with Crippen LogP contribution in [0.15, 0.2) is 22.7 Å². The van der Waals surface area contributed by atoms with E-state index in [2.05, 4.69) is 22.9 Å². The van der Waals surface area contributed by atoms with Crippen molar-refractivity contribution in [2.24, 2.45) is 5.92 Å². The number of rotatable bonds is 4. The van der Waals surface area contributed by atoms with Crippen molar-refractivity contribution in [1.29, 1.82) is 0 Å². The fourth-order valence-electron chi connectivity index (χ4n) is 2.40. The summed E-state index contributed by atoms with van der Waals surface area (Å²) in [6.07, 6.45) is 4.93. The number of nitro groups is 1. The third kappa shape index (κ3) is 4.01. The number of nitro benzene ring substituents is 1. The minimum atomic E-state index is -0.379. The first-order valence-electron chi connectivity index (χ1n) is 6.60. The largest absolute Gasteiger partial charge is 0.374 e. The molecule has 19 heavy (non-hydrogen) atoms. The molecule has 1 aliphatic carbocycles. The molecule has 0 saturated heterocycles. The van der Waals surface area contributed by atoms with Crippen molar-refractivity contribution in [3.63, 3.8) is 0 Å². The van der Waals surface area contributed by atoms with Crippen molar-refractivity contribution in [2.75, 3.05) is 0 Å². The van der Waals surface area contributed by atoms with E-state index in [0.29, 0.717) is 17.2 Å². The van der Waals surface area contributed by atoms with Gasteiger partial charge < -0.3 is 4.74 Å². The molecule has 0 N–H and O–H groups in total. The van der Waals surface area contributed by atoms with Gasteiger partial charge in [-0.1, -0.05) is 13.0 Å². The predicted molar refractivity (Wildman–Crippen MR) is 77.0 cm³/mol. The van der Waals surface area contributed by atoms with Crippen molar-refractivity contribution < 1.29 is 9.66 Å². The standard InChI is InChI=1S/C14H18BrNO3/c1-10-2-5-12(6-3-10)19-9-11-4-7-13(15)14(8-11)16(17)18/h4,7-8,10,12H,2-3,5-6,9H2,1H3. The molecular weight excluding hydrogens is 310 g/mol. The molecule has 1 fully saturated rings. The van der Waals surface area contributed by atoms with Crippen LogP contribution in [0.4, 0.5) is 5.69 Å². The van der Waals surface area contributed by atoms with Gasteiger partial charge in [0, 0.05) is 6.07 Å². The highest BCUT2D eigenvalue weighted by Gasteiger charge is 2.19. The lowest BCUT2D eigenvalue weighted by Gasteiger charge is -2.26. The van der Waals surface area contributed by atoms with Gasteiger partial charge in [0.2, 0.25) is 0 Å². The minimum absolute atomic E-state index is 0.0957. The van der Waals surface area contributed by atoms with E-state index in [9.17, 15) is 10.1 Å². The molecule has 0 aromatic heterocycles. The molecule has 1 aliphatic rings. The number of halogens is 1. The molecule has 0 atom stereocenters. The van der Waals surface area contributed by atoms with E-state index in [1.165, 1.54) is 12.8 Å². The summed E-state index contributed by atoms with van der Waals surface area (Å²) in [4.78, 5) is 10.5. The minimum Gasteiger partial charge on any atom is -0.374 e. The first-order valence-corrected chi connectivity index (χ1v) is 7.40. The quantitative estimate of drug-likeness (QED) is 0.606. The van der Waals surface area contributed by atoms with Gasteiger partial charge in [0.1, 0.15) is 0 Å². The number of ether oxygens (including phenoxy) is 1. The molecule has 0 spiro atoms. The van der Waals surface area contributed by atoms with Gasteiger partial charge in [-0.3, -0.25) is 10.1 Å². The van der Waals surface area contributed by atoms with Crippen LogP contribution in [0.1, 0.15) is 38.2 Å². The molecule has 0 heterocycles. The Hall–Kier alpha value is -0.940. The highest BCUT2D eigenvalue weighted by molar-refractivity contribution is 9.10. The molecule has 4 nitrogen and oxygen atoms in total. The van der Waals surface area contributed by atoms with Crippen LogP contribution >= 0.6 is 15.9 Å². The summed E-state index contributed by atoms with van der Waals surface area (Å²) in [6, 6.07) is 5.15. The Bertz CT molecular complexity index is 456.